The highest BCUT2D eigenvalue weighted by atomic mass is 32.1. The topological polar surface area (TPSA) is 66.4 Å². The number of carbonyl (C=O) groups excluding carboxylic acids is 1. The molecule has 2 N–H and O–H groups in total. The number of hydrogen-bond donors (Lipinski definition) is 2. The zero-order valence-electron chi connectivity index (χ0n) is 11.0. The largest absolute Gasteiger partial charge is 0.481 e. The number of amides is 1. The molecule has 0 aromatic carbocycles. The van der Waals surface area contributed by atoms with E-state index in [1.807, 2.05) is 18.4 Å². The van der Waals surface area contributed by atoms with Crippen molar-refractivity contribution in [1.29, 1.82) is 0 Å². The third kappa shape index (κ3) is 3.35. The van der Waals surface area contributed by atoms with Crippen LogP contribution in [0.2, 0.25) is 0 Å². The second kappa shape index (κ2) is 6.19. The molecule has 1 aromatic heterocycles. The maximum Gasteiger partial charge on any atom is 0.307 e. The van der Waals surface area contributed by atoms with Gasteiger partial charge in [0.15, 0.2) is 0 Å². The van der Waals surface area contributed by atoms with Crippen LogP contribution in [0.5, 0.6) is 0 Å². The van der Waals surface area contributed by atoms with Gasteiger partial charge < -0.3 is 10.4 Å². The molecule has 0 aliphatic heterocycles. The molecule has 1 aromatic rings. The smallest absolute Gasteiger partial charge is 0.307 e. The van der Waals surface area contributed by atoms with Crippen LogP contribution in [0.15, 0.2) is 11.4 Å². The normalized spacial score (nSPS) is 23.0. The van der Waals surface area contributed by atoms with Gasteiger partial charge >= 0.3 is 5.97 Å². The monoisotopic (exact) mass is 281 g/mol. The van der Waals surface area contributed by atoms with Crippen LogP contribution in [-0.4, -0.2) is 17.0 Å². The van der Waals surface area contributed by atoms with E-state index in [9.17, 15) is 14.7 Å². The van der Waals surface area contributed by atoms with Crippen molar-refractivity contribution in [2.75, 3.05) is 0 Å². The van der Waals surface area contributed by atoms with E-state index in [4.69, 9.17) is 0 Å². The van der Waals surface area contributed by atoms with E-state index >= 15 is 0 Å². The minimum absolute atomic E-state index is 0.111. The Labute approximate surface area is 116 Å². The lowest BCUT2D eigenvalue weighted by molar-refractivity contribution is -0.148. The molecule has 2 rings (SSSR count). The molecule has 5 heteroatoms. The van der Waals surface area contributed by atoms with Gasteiger partial charge in [-0.2, -0.15) is 0 Å². The molecular formula is C14H19NO3S. The van der Waals surface area contributed by atoms with Crippen LogP contribution in [0, 0.1) is 18.8 Å². The Balaban J connectivity index is 1.94. The highest BCUT2D eigenvalue weighted by molar-refractivity contribution is 7.10. The van der Waals surface area contributed by atoms with Crippen molar-refractivity contribution in [2.45, 2.75) is 39.2 Å². The molecule has 4 nitrogen and oxygen atoms in total. The van der Waals surface area contributed by atoms with E-state index in [2.05, 4.69) is 5.32 Å². The van der Waals surface area contributed by atoms with Gasteiger partial charge in [0.05, 0.1) is 18.4 Å². The number of hydrogen-bond acceptors (Lipinski definition) is 3. The molecule has 1 amide bonds. The highest BCUT2D eigenvalue weighted by Gasteiger charge is 2.35. The molecule has 0 bridgehead atoms. The molecule has 104 valence electrons. The fraction of sp³-hybridized carbons (Fsp3) is 0.571. The van der Waals surface area contributed by atoms with Crippen molar-refractivity contribution in [3.8, 4) is 0 Å². The summed E-state index contributed by atoms with van der Waals surface area (Å²) in [5, 5.41) is 14.1. The Bertz CT molecular complexity index is 469. The maximum absolute atomic E-state index is 12.1. The maximum atomic E-state index is 12.1. The van der Waals surface area contributed by atoms with Crippen LogP contribution >= 0.6 is 11.3 Å². The first-order chi connectivity index (χ1) is 9.09. The van der Waals surface area contributed by atoms with E-state index in [1.165, 1.54) is 5.56 Å². The third-order valence-corrected chi connectivity index (χ3v) is 4.83. The quantitative estimate of drug-likeness (QED) is 0.891. The Kier molecular flexibility index (Phi) is 4.58. The first kappa shape index (κ1) is 14.1. The van der Waals surface area contributed by atoms with Gasteiger partial charge in [-0.1, -0.05) is 12.8 Å². The zero-order chi connectivity index (χ0) is 13.8. The van der Waals surface area contributed by atoms with Crippen LogP contribution in [0.3, 0.4) is 0 Å². The van der Waals surface area contributed by atoms with Gasteiger partial charge in [-0.05, 0) is 36.8 Å². The molecular weight excluding hydrogens is 262 g/mol. The second-order valence-corrected chi connectivity index (χ2v) is 6.08. The van der Waals surface area contributed by atoms with Gasteiger partial charge in [0, 0.05) is 4.88 Å². The summed E-state index contributed by atoms with van der Waals surface area (Å²) in [7, 11) is 0. The summed E-state index contributed by atoms with van der Waals surface area (Å²) >= 11 is 1.61. The molecule has 1 saturated carbocycles. The first-order valence-corrected chi connectivity index (χ1v) is 7.51. The minimum atomic E-state index is -0.841. The Morgan fingerprint density at radius 1 is 1.37 bits per heavy atom. The van der Waals surface area contributed by atoms with Crippen molar-refractivity contribution < 1.29 is 14.7 Å². The first-order valence-electron chi connectivity index (χ1n) is 6.63. The van der Waals surface area contributed by atoms with E-state index in [-0.39, 0.29) is 11.8 Å². The molecule has 1 fully saturated rings. The lowest BCUT2D eigenvalue weighted by atomic mass is 9.79. The summed E-state index contributed by atoms with van der Waals surface area (Å²) in [6.45, 7) is 2.52. The minimum Gasteiger partial charge on any atom is -0.481 e. The molecule has 19 heavy (non-hydrogen) atoms. The average molecular weight is 281 g/mol. The Morgan fingerprint density at radius 3 is 2.63 bits per heavy atom. The second-order valence-electron chi connectivity index (χ2n) is 5.08. The van der Waals surface area contributed by atoms with Crippen molar-refractivity contribution in [1.82, 2.24) is 5.32 Å². The number of carbonyl (C=O) groups is 2. The summed E-state index contributed by atoms with van der Waals surface area (Å²) in [5.41, 5.74) is 1.17. The number of rotatable bonds is 4. The summed E-state index contributed by atoms with van der Waals surface area (Å²) < 4.78 is 0. The third-order valence-electron chi connectivity index (χ3n) is 3.81. The average Bonchev–Trinajstić information content (AvgIpc) is 2.81. The lowest BCUT2D eigenvalue weighted by Crippen LogP contribution is -2.39. The molecule has 1 aliphatic rings. The number of carboxylic acids is 1. The van der Waals surface area contributed by atoms with Crippen LogP contribution < -0.4 is 5.32 Å². The zero-order valence-corrected chi connectivity index (χ0v) is 11.8. The van der Waals surface area contributed by atoms with Crippen LogP contribution in [0.4, 0.5) is 0 Å². The van der Waals surface area contributed by atoms with E-state index < -0.39 is 11.9 Å². The molecule has 0 saturated heterocycles. The number of carboxylic acid groups (broad SMARTS) is 1. The standard InChI is InChI=1S/C14H19NO3S/c1-9-6-7-19-12(9)8-15-13(16)10-4-2-3-5-11(10)14(17)18/h6-7,10-11H,2-5,8H2,1H3,(H,15,16)(H,17,18)/t10-,11+/m1/s1. The predicted molar refractivity (Wildman–Crippen MR) is 74.0 cm³/mol. The molecule has 1 heterocycles. The van der Waals surface area contributed by atoms with Crippen molar-refractivity contribution >= 4 is 23.2 Å². The number of aryl methyl sites for hydroxylation is 1. The van der Waals surface area contributed by atoms with Gasteiger partial charge in [0.1, 0.15) is 0 Å². The molecule has 0 radical (unpaired) electrons. The van der Waals surface area contributed by atoms with Gasteiger partial charge in [-0.3, -0.25) is 9.59 Å². The number of nitrogens with one attached hydrogen (secondary N) is 1. The van der Waals surface area contributed by atoms with Crippen LogP contribution in [-0.2, 0) is 16.1 Å². The Morgan fingerprint density at radius 2 is 2.05 bits per heavy atom. The fourth-order valence-corrected chi connectivity index (χ4v) is 3.47. The van der Waals surface area contributed by atoms with Gasteiger partial charge in [-0.15, -0.1) is 11.3 Å². The summed E-state index contributed by atoms with van der Waals surface area (Å²) in [6.07, 6.45) is 3.16. The van der Waals surface area contributed by atoms with E-state index in [1.54, 1.807) is 11.3 Å². The number of aliphatic carboxylic acids is 1. The van der Waals surface area contributed by atoms with Gasteiger partial charge in [-0.25, -0.2) is 0 Å². The van der Waals surface area contributed by atoms with E-state index in [0.717, 1.165) is 17.7 Å². The highest BCUT2D eigenvalue weighted by Crippen LogP contribution is 2.30. The molecule has 0 spiro atoms. The van der Waals surface area contributed by atoms with Crippen molar-refractivity contribution in [3.05, 3.63) is 21.9 Å². The van der Waals surface area contributed by atoms with E-state index in [0.29, 0.717) is 19.4 Å². The molecule has 0 unspecified atom stereocenters. The van der Waals surface area contributed by atoms with Crippen molar-refractivity contribution in [3.63, 3.8) is 0 Å². The fourth-order valence-electron chi connectivity index (χ4n) is 2.62. The van der Waals surface area contributed by atoms with Gasteiger partial charge in [0.25, 0.3) is 0 Å². The molecule has 2 atom stereocenters. The van der Waals surface area contributed by atoms with Gasteiger partial charge in [0.2, 0.25) is 5.91 Å². The van der Waals surface area contributed by atoms with Crippen LogP contribution in [0.25, 0.3) is 0 Å². The number of thiophene rings is 1. The summed E-state index contributed by atoms with van der Waals surface area (Å²) in [4.78, 5) is 24.5. The SMILES string of the molecule is Cc1ccsc1CNC(=O)[C@@H]1CCCC[C@@H]1C(=O)O. The Hall–Kier alpha value is -1.36. The van der Waals surface area contributed by atoms with Crippen molar-refractivity contribution in [2.24, 2.45) is 11.8 Å². The summed E-state index contributed by atoms with van der Waals surface area (Å²) in [5.74, 6) is -1.84. The summed E-state index contributed by atoms with van der Waals surface area (Å²) in [6, 6.07) is 2.02. The molecule has 1 aliphatic carbocycles. The lowest BCUT2D eigenvalue weighted by Gasteiger charge is -2.27. The predicted octanol–water partition coefficient (Wildman–Crippen LogP) is 2.56. The van der Waals surface area contributed by atoms with Crippen LogP contribution in [0.1, 0.15) is 36.1 Å².